The van der Waals surface area contributed by atoms with Gasteiger partial charge in [0.05, 0.1) is 12.6 Å². The predicted octanol–water partition coefficient (Wildman–Crippen LogP) is -0.292. The van der Waals surface area contributed by atoms with Crippen molar-refractivity contribution in [2.24, 2.45) is 5.73 Å². The minimum Gasteiger partial charge on any atom is -0.355 e. The van der Waals surface area contributed by atoms with Crippen LogP contribution >= 0.6 is 0 Å². The lowest BCUT2D eigenvalue weighted by atomic mass is 10.1. The molecular formula is C10H21N3O2. The summed E-state index contributed by atoms with van der Waals surface area (Å²) in [5.41, 5.74) is 5.66. The van der Waals surface area contributed by atoms with Gasteiger partial charge >= 0.3 is 0 Å². The lowest BCUT2D eigenvalue weighted by Gasteiger charge is -2.20. The molecule has 0 radical (unpaired) electrons. The Morgan fingerprint density at radius 3 is 2.47 bits per heavy atom. The second-order valence-corrected chi connectivity index (χ2v) is 3.54. The van der Waals surface area contributed by atoms with E-state index in [1.165, 1.54) is 4.90 Å². The molecule has 1 unspecified atom stereocenters. The first-order chi connectivity index (χ1) is 7.02. The molecule has 5 heteroatoms. The molecule has 0 heterocycles. The zero-order chi connectivity index (χ0) is 11.8. The van der Waals surface area contributed by atoms with Crippen LogP contribution in [-0.2, 0) is 9.59 Å². The zero-order valence-corrected chi connectivity index (χ0v) is 9.75. The first-order valence-electron chi connectivity index (χ1n) is 5.30. The molecule has 0 saturated heterocycles. The molecule has 0 aliphatic heterocycles. The van der Waals surface area contributed by atoms with Crippen LogP contribution in [0.3, 0.4) is 0 Å². The summed E-state index contributed by atoms with van der Waals surface area (Å²) in [7, 11) is 1.59. The number of hydrogen-bond acceptors (Lipinski definition) is 3. The molecule has 0 aromatic heterocycles. The fourth-order valence-electron chi connectivity index (χ4n) is 1.26. The van der Waals surface area contributed by atoms with Crippen LogP contribution in [0, 0.1) is 0 Å². The van der Waals surface area contributed by atoms with Gasteiger partial charge in [-0.2, -0.15) is 0 Å². The van der Waals surface area contributed by atoms with Crippen LogP contribution in [0.1, 0.15) is 26.7 Å². The molecule has 0 aromatic rings. The van der Waals surface area contributed by atoms with Gasteiger partial charge in [-0.1, -0.05) is 13.3 Å². The molecule has 0 fully saturated rings. The first kappa shape index (κ1) is 13.9. The Labute approximate surface area is 91.0 Å². The molecule has 0 aliphatic carbocycles. The van der Waals surface area contributed by atoms with Gasteiger partial charge in [-0.25, -0.2) is 0 Å². The Bertz CT molecular complexity index is 219. The topological polar surface area (TPSA) is 75.4 Å². The van der Waals surface area contributed by atoms with Crippen molar-refractivity contribution >= 4 is 11.8 Å². The van der Waals surface area contributed by atoms with E-state index >= 15 is 0 Å². The molecule has 15 heavy (non-hydrogen) atoms. The minimum absolute atomic E-state index is 0.0735. The largest absolute Gasteiger partial charge is 0.355 e. The molecule has 88 valence electrons. The van der Waals surface area contributed by atoms with E-state index in [9.17, 15) is 9.59 Å². The number of amides is 2. The average molecular weight is 215 g/mol. The quantitative estimate of drug-likeness (QED) is 0.639. The van der Waals surface area contributed by atoms with Crippen LogP contribution in [0.15, 0.2) is 0 Å². The van der Waals surface area contributed by atoms with E-state index in [1.807, 2.05) is 13.8 Å². The Hall–Kier alpha value is -1.10. The number of carbonyl (C=O) groups is 2. The summed E-state index contributed by atoms with van der Waals surface area (Å²) >= 11 is 0. The van der Waals surface area contributed by atoms with Gasteiger partial charge in [0.25, 0.3) is 0 Å². The third kappa shape index (κ3) is 5.37. The zero-order valence-electron chi connectivity index (χ0n) is 9.75. The van der Waals surface area contributed by atoms with E-state index in [-0.39, 0.29) is 18.4 Å². The SMILES string of the molecule is CCCC(N)C(=O)N(C)CC(=O)NCC. The average Bonchev–Trinajstić information content (AvgIpc) is 2.17. The Morgan fingerprint density at radius 1 is 1.40 bits per heavy atom. The van der Waals surface area contributed by atoms with Crippen molar-refractivity contribution in [1.82, 2.24) is 10.2 Å². The normalized spacial score (nSPS) is 12.0. The fraction of sp³-hybridized carbons (Fsp3) is 0.800. The van der Waals surface area contributed by atoms with Gasteiger partial charge in [0, 0.05) is 13.6 Å². The van der Waals surface area contributed by atoms with Crippen molar-refractivity contribution in [3.63, 3.8) is 0 Å². The number of likely N-dealkylation sites (N-methyl/N-ethyl adjacent to an activating group) is 2. The van der Waals surface area contributed by atoms with Gasteiger partial charge in [0.2, 0.25) is 11.8 Å². The van der Waals surface area contributed by atoms with Crippen molar-refractivity contribution in [3.05, 3.63) is 0 Å². The molecule has 0 rings (SSSR count). The summed E-state index contributed by atoms with van der Waals surface area (Å²) in [4.78, 5) is 24.2. The number of nitrogens with zero attached hydrogens (tertiary/aromatic N) is 1. The highest BCUT2D eigenvalue weighted by atomic mass is 16.2. The lowest BCUT2D eigenvalue weighted by Crippen LogP contribution is -2.45. The van der Waals surface area contributed by atoms with Crippen molar-refractivity contribution in [1.29, 1.82) is 0 Å². The van der Waals surface area contributed by atoms with E-state index in [0.29, 0.717) is 13.0 Å². The number of nitrogens with two attached hydrogens (primary N) is 1. The van der Waals surface area contributed by atoms with Crippen LogP contribution in [0.25, 0.3) is 0 Å². The second-order valence-electron chi connectivity index (χ2n) is 3.54. The van der Waals surface area contributed by atoms with Gasteiger partial charge < -0.3 is 16.0 Å². The van der Waals surface area contributed by atoms with E-state index in [4.69, 9.17) is 5.73 Å². The maximum atomic E-state index is 11.6. The Morgan fingerprint density at radius 2 is 2.00 bits per heavy atom. The molecule has 0 aromatic carbocycles. The third-order valence-corrected chi connectivity index (χ3v) is 2.05. The van der Waals surface area contributed by atoms with Crippen LogP contribution in [0.4, 0.5) is 0 Å². The molecule has 0 aliphatic rings. The fourth-order valence-corrected chi connectivity index (χ4v) is 1.26. The van der Waals surface area contributed by atoms with Crippen molar-refractivity contribution < 1.29 is 9.59 Å². The second kappa shape index (κ2) is 7.23. The van der Waals surface area contributed by atoms with Gasteiger partial charge in [-0.05, 0) is 13.3 Å². The molecule has 0 saturated carbocycles. The van der Waals surface area contributed by atoms with Crippen LogP contribution in [0.2, 0.25) is 0 Å². The summed E-state index contributed by atoms with van der Waals surface area (Å²) in [6.45, 7) is 4.45. The van der Waals surface area contributed by atoms with E-state index in [1.54, 1.807) is 7.05 Å². The summed E-state index contributed by atoms with van der Waals surface area (Å²) in [5, 5.41) is 2.63. The van der Waals surface area contributed by atoms with Gasteiger partial charge in [-0.15, -0.1) is 0 Å². The summed E-state index contributed by atoms with van der Waals surface area (Å²) in [6, 6.07) is -0.491. The van der Waals surface area contributed by atoms with E-state index < -0.39 is 6.04 Å². The molecule has 2 amide bonds. The van der Waals surface area contributed by atoms with Crippen molar-refractivity contribution in [2.45, 2.75) is 32.7 Å². The van der Waals surface area contributed by atoms with Gasteiger partial charge in [-0.3, -0.25) is 9.59 Å². The molecule has 1 atom stereocenters. The van der Waals surface area contributed by atoms with E-state index in [2.05, 4.69) is 5.32 Å². The molecule has 5 nitrogen and oxygen atoms in total. The molecule has 0 spiro atoms. The highest BCUT2D eigenvalue weighted by molar-refractivity contribution is 5.87. The van der Waals surface area contributed by atoms with Gasteiger partial charge in [0.1, 0.15) is 0 Å². The highest BCUT2D eigenvalue weighted by Crippen LogP contribution is 1.97. The maximum absolute atomic E-state index is 11.6. The predicted molar refractivity (Wildman–Crippen MR) is 59.2 cm³/mol. The smallest absolute Gasteiger partial charge is 0.239 e. The Kier molecular flexibility index (Phi) is 6.70. The molecule has 0 bridgehead atoms. The van der Waals surface area contributed by atoms with Gasteiger partial charge in [0.15, 0.2) is 0 Å². The molecular weight excluding hydrogens is 194 g/mol. The maximum Gasteiger partial charge on any atom is 0.239 e. The van der Waals surface area contributed by atoms with Crippen molar-refractivity contribution in [3.8, 4) is 0 Å². The molecule has 3 N–H and O–H groups in total. The van der Waals surface area contributed by atoms with Crippen molar-refractivity contribution in [2.75, 3.05) is 20.1 Å². The number of rotatable bonds is 6. The third-order valence-electron chi connectivity index (χ3n) is 2.05. The minimum atomic E-state index is -0.491. The lowest BCUT2D eigenvalue weighted by molar-refractivity contribution is -0.135. The Balaban J connectivity index is 4.03. The first-order valence-corrected chi connectivity index (χ1v) is 5.30. The summed E-state index contributed by atoms with van der Waals surface area (Å²) in [6.07, 6.45) is 1.51. The monoisotopic (exact) mass is 215 g/mol. The van der Waals surface area contributed by atoms with Crippen LogP contribution in [-0.4, -0.2) is 42.9 Å². The number of nitrogens with one attached hydrogen (secondary N) is 1. The van der Waals surface area contributed by atoms with Crippen LogP contribution < -0.4 is 11.1 Å². The standard InChI is InChI=1S/C10H21N3O2/c1-4-6-8(11)10(15)13(3)7-9(14)12-5-2/h8H,4-7,11H2,1-3H3,(H,12,14). The summed E-state index contributed by atoms with van der Waals surface area (Å²) in [5.74, 6) is -0.333. The van der Waals surface area contributed by atoms with E-state index in [0.717, 1.165) is 6.42 Å². The summed E-state index contributed by atoms with van der Waals surface area (Å²) < 4.78 is 0. The number of carbonyl (C=O) groups excluding carboxylic acids is 2. The van der Waals surface area contributed by atoms with Crippen LogP contribution in [0.5, 0.6) is 0 Å². The number of hydrogen-bond donors (Lipinski definition) is 2. The highest BCUT2D eigenvalue weighted by Gasteiger charge is 2.18.